The first-order chi connectivity index (χ1) is 8.20. The second-order valence-electron chi connectivity index (χ2n) is 3.37. The standard InChI is InChI=1S/C10H9ClO6S/c1-17-10(14)7-6(18(2,15)16)4-3-5(8(7)11)9(12)13/h3-4H,1-2H3,(H,12,13). The molecular formula is C10H9ClO6S. The van der Waals surface area contributed by atoms with Crippen LogP contribution in [0.3, 0.4) is 0 Å². The van der Waals surface area contributed by atoms with Gasteiger partial charge >= 0.3 is 11.9 Å². The van der Waals surface area contributed by atoms with E-state index in [0.717, 1.165) is 25.5 Å². The van der Waals surface area contributed by atoms with E-state index in [4.69, 9.17) is 16.7 Å². The second kappa shape index (κ2) is 4.95. The number of methoxy groups -OCH3 is 1. The second-order valence-corrected chi connectivity index (χ2v) is 5.73. The fourth-order valence-electron chi connectivity index (χ4n) is 1.32. The van der Waals surface area contributed by atoms with Crippen molar-refractivity contribution < 1.29 is 27.9 Å². The lowest BCUT2D eigenvalue weighted by Gasteiger charge is -2.10. The average Bonchev–Trinajstić information content (AvgIpc) is 2.25. The van der Waals surface area contributed by atoms with Gasteiger partial charge in [0.2, 0.25) is 0 Å². The molecular weight excluding hydrogens is 284 g/mol. The molecule has 6 nitrogen and oxygen atoms in total. The molecule has 0 aliphatic heterocycles. The van der Waals surface area contributed by atoms with E-state index in [-0.39, 0.29) is 10.5 Å². The Balaban J connectivity index is 3.73. The molecule has 0 fully saturated rings. The Hall–Kier alpha value is -1.60. The van der Waals surface area contributed by atoms with E-state index in [0.29, 0.717) is 0 Å². The van der Waals surface area contributed by atoms with Crippen molar-refractivity contribution in [2.45, 2.75) is 4.90 Å². The number of aromatic carboxylic acids is 1. The quantitative estimate of drug-likeness (QED) is 0.841. The molecule has 0 radical (unpaired) electrons. The maximum absolute atomic E-state index is 11.5. The van der Waals surface area contributed by atoms with E-state index < -0.39 is 32.4 Å². The van der Waals surface area contributed by atoms with Gasteiger partial charge in [0, 0.05) is 6.26 Å². The Kier molecular flexibility index (Phi) is 3.98. The van der Waals surface area contributed by atoms with E-state index in [1.165, 1.54) is 0 Å². The van der Waals surface area contributed by atoms with E-state index in [9.17, 15) is 18.0 Å². The summed E-state index contributed by atoms with van der Waals surface area (Å²) in [5.41, 5.74) is -0.842. The number of rotatable bonds is 3. The summed E-state index contributed by atoms with van der Waals surface area (Å²) in [6, 6.07) is 2.03. The molecule has 0 unspecified atom stereocenters. The van der Waals surface area contributed by atoms with Crippen LogP contribution in [0.1, 0.15) is 20.7 Å². The fraction of sp³-hybridized carbons (Fsp3) is 0.200. The third-order valence-electron chi connectivity index (χ3n) is 2.12. The molecule has 0 bridgehead atoms. The van der Waals surface area contributed by atoms with Crippen LogP contribution >= 0.6 is 11.6 Å². The van der Waals surface area contributed by atoms with Crippen LogP contribution in [0.25, 0.3) is 0 Å². The van der Waals surface area contributed by atoms with Gasteiger partial charge in [-0.25, -0.2) is 18.0 Å². The van der Waals surface area contributed by atoms with Crippen LogP contribution in [0.5, 0.6) is 0 Å². The van der Waals surface area contributed by atoms with E-state index >= 15 is 0 Å². The zero-order valence-electron chi connectivity index (χ0n) is 9.43. The third kappa shape index (κ3) is 2.62. The highest BCUT2D eigenvalue weighted by Crippen LogP contribution is 2.28. The largest absolute Gasteiger partial charge is 0.478 e. The molecule has 18 heavy (non-hydrogen) atoms. The number of carbonyl (C=O) groups excluding carboxylic acids is 1. The molecule has 8 heteroatoms. The van der Waals surface area contributed by atoms with Gasteiger partial charge in [0.25, 0.3) is 0 Å². The Morgan fingerprint density at radius 1 is 1.33 bits per heavy atom. The highest BCUT2D eigenvalue weighted by molar-refractivity contribution is 7.90. The van der Waals surface area contributed by atoms with Gasteiger partial charge in [-0.15, -0.1) is 0 Å². The molecule has 0 amide bonds. The lowest BCUT2D eigenvalue weighted by Crippen LogP contribution is -2.13. The molecule has 1 rings (SSSR count). The number of halogens is 1. The lowest BCUT2D eigenvalue weighted by molar-refractivity contribution is 0.0596. The third-order valence-corrected chi connectivity index (χ3v) is 3.65. The highest BCUT2D eigenvalue weighted by atomic mass is 35.5. The van der Waals surface area contributed by atoms with Crippen molar-refractivity contribution in [3.05, 3.63) is 28.3 Å². The van der Waals surface area contributed by atoms with Crippen LogP contribution in [0.4, 0.5) is 0 Å². The van der Waals surface area contributed by atoms with Gasteiger partial charge in [0.15, 0.2) is 9.84 Å². The molecule has 0 aliphatic rings. The van der Waals surface area contributed by atoms with Crippen molar-refractivity contribution in [3.8, 4) is 0 Å². The molecule has 0 saturated carbocycles. The van der Waals surface area contributed by atoms with Gasteiger partial charge in [-0.3, -0.25) is 0 Å². The van der Waals surface area contributed by atoms with Crippen LogP contribution in [0.2, 0.25) is 5.02 Å². The SMILES string of the molecule is COC(=O)c1c(S(C)(=O)=O)ccc(C(=O)O)c1Cl. The van der Waals surface area contributed by atoms with Crippen molar-refractivity contribution in [2.24, 2.45) is 0 Å². The summed E-state index contributed by atoms with van der Waals surface area (Å²) in [7, 11) is -2.69. The predicted molar refractivity (Wildman–Crippen MR) is 62.9 cm³/mol. The summed E-state index contributed by atoms with van der Waals surface area (Å²) in [5.74, 6) is -2.38. The highest BCUT2D eigenvalue weighted by Gasteiger charge is 2.26. The molecule has 1 N–H and O–H groups in total. The number of carbonyl (C=O) groups is 2. The molecule has 0 heterocycles. The summed E-state index contributed by atoms with van der Waals surface area (Å²) in [4.78, 5) is 22.0. The van der Waals surface area contributed by atoms with Crippen molar-refractivity contribution in [1.82, 2.24) is 0 Å². The lowest BCUT2D eigenvalue weighted by atomic mass is 10.1. The van der Waals surface area contributed by atoms with Crippen LogP contribution in [-0.2, 0) is 14.6 Å². The molecule has 1 aromatic rings. The first-order valence-corrected chi connectivity index (χ1v) is 6.81. The van der Waals surface area contributed by atoms with Gasteiger partial charge in [0.1, 0.15) is 0 Å². The average molecular weight is 293 g/mol. The number of hydrogen-bond donors (Lipinski definition) is 1. The topological polar surface area (TPSA) is 97.7 Å². The number of benzene rings is 1. The molecule has 98 valence electrons. The first-order valence-electron chi connectivity index (χ1n) is 4.54. The molecule has 0 aromatic heterocycles. The number of sulfone groups is 1. The summed E-state index contributed by atoms with van der Waals surface area (Å²) >= 11 is 5.74. The summed E-state index contributed by atoms with van der Waals surface area (Å²) < 4.78 is 27.4. The Morgan fingerprint density at radius 2 is 1.89 bits per heavy atom. The molecule has 0 saturated heterocycles. The summed E-state index contributed by atoms with van der Waals surface area (Å²) in [6.07, 6.45) is 0.880. The maximum atomic E-state index is 11.5. The molecule has 0 atom stereocenters. The number of carboxylic acid groups (broad SMARTS) is 1. The van der Waals surface area contributed by atoms with Crippen molar-refractivity contribution >= 4 is 33.4 Å². The summed E-state index contributed by atoms with van der Waals surface area (Å²) in [5, 5.41) is 8.39. The minimum atomic E-state index is -3.73. The Morgan fingerprint density at radius 3 is 2.28 bits per heavy atom. The fourth-order valence-corrected chi connectivity index (χ4v) is 2.58. The van der Waals surface area contributed by atoms with E-state index in [1.54, 1.807) is 0 Å². The van der Waals surface area contributed by atoms with Gasteiger partial charge in [-0.2, -0.15) is 0 Å². The molecule has 0 aliphatic carbocycles. The number of esters is 1. The first kappa shape index (κ1) is 14.5. The molecule has 0 spiro atoms. The Labute approximate surface area is 108 Å². The normalized spacial score (nSPS) is 11.1. The number of carboxylic acids is 1. The van der Waals surface area contributed by atoms with Gasteiger partial charge in [-0.1, -0.05) is 11.6 Å². The smallest absolute Gasteiger partial charge is 0.340 e. The van der Waals surface area contributed by atoms with Crippen LogP contribution in [-0.4, -0.2) is 38.8 Å². The van der Waals surface area contributed by atoms with E-state index in [2.05, 4.69) is 4.74 Å². The van der Waals surface area contributed by atoms with E-state index in [1.807, 2.05) is 0 Å². The Bertz CT molecular complexity index is 620. The monoisotopic (exact) mass is 292 g/mol. The summed E-state index contributed by atoms with van der Waals surface area (Å²) in [6.45, 7) is 0. The van der Waals surface area contributed by atoms with Gasteiger partial charge in [-0.05, 0) is 12.1 Å². The maximum Gasteiger partial charge on any atom is 0.340 e. The number of ether oxygens (including phenoxy) is 1. The predicted octanol–water partition coefficient (Wildman–Crippen LogP) is 1.23. The van der Waals surface area contributed by atoms with Crippen LogP contribution < -0.4 is 0 Å². The minimum Gasteiger partial charge on any atom is -0.478 e. The van der Waals surface area contributed by atoms with Crippen molar-refractivity contribution in [2.75, 3.05) is 13.4 Å². The van der Waals surface area contributed by atoms with Crippen LogP contribution in [0, 0.1) is 0 Å². The van der Waals surface area contributed by atoms with Crippen molar-refractivity contribution in [1.29, 1.82) is 0 Å². The zero-order valence-corrected chi connectivity index (χ0v) is 11.0. The van der Waals surface area contributed by atoms with Crippen LogP contribution in [0.15, 0.2) is 17.0 Å². The van der Waals surface area contributed by atoms with Crippen molar-refractivity contribution in [3.63, 3.8) is 0 Å². The molecule has 1 aromatic carbocycles. The van der Waals surface area contributed by atoms with Gasteiger partial charge in [0.05, 0.1) is 28.2 Å². The zero-order chi connectivity index (χ0) is 14.1. The van der Waals surface area contributed by atoms with Gasteiger partial charge < -0.3 is 9.84 Å². The minimum absolute atomic E-state index is 0.371. The number of hydrogen-bond acceptors (Lipinski definition) is 5.